The Balaban J connectivity index is 1.56. The van der Waals surface area contributed by atoms with Gasteiger partial charge in [0.2, 0.25) is 0 Å². The van der Waals surface area contributed by atoms with Crippen LogP contribution >= 0.6 is 11.6 Å². The van der Waals surface area contributed by atoms with E-state index >= 15 is 0 Å². The Morgan fingerprint density at radius 1 is 1.28 bits per heavy atom. The average molecular weight is 408 g/mol. The van der Waals surface area contributed by atoms with Crippen molar-refractivity contribution in [1.29, 1.82) is 0 Å². The number of aliphatic hydroxyl groups is 1. The molecule has 0 radical (unpaired) electrons. The van der Waals surface area contributed by atoms with Gasteiger partial charge in [0, 0.05) is 64.0 Å². The van der Waals surface area contributed by atoms with Crippen LogP contribution in [0.25, 0.3) is 10.9 Å². The molecule has 1 fully saturated rings. The Kier molecular flexibility index (Phi) is 3.61. The molecule has 0 spiro atoms. The molecular formula is C24H26ClN3O. The number of likely N-dealkylation sites (N-methyl/N-ethyl adjacent to an activating group) is 1. The second kappa shape index (κ2) is 5.84. The maximum absolute atomic E-state index is 11.7. The van der Waals surface area contributed by atoms with Gasteiger partial charge >= 0.3 is 0 Å². The number of nitrogens with zero attached hydrogens (tertiary/aromatic N) is 3. The minimum absolute atomic E-state index is 0.0604. The van der Waals surface area contributed by atoms with Crippen LogP contribution in [0, 0.1) is 6.92 Å². The predicted molar refractivity (Wildman–Crippen MR) is 115 cm³/mol. The quantitative estimate of drug-likeness (QED) is 0.669. The zero-order chi connectivity index (χ0) is 20.1. The summed E-state index contributed by atoms with van der Waals surface area (Å²) in [5.41, 5.74) is 6.35. The normalized spacial score (nSPS) is 28.9. The van der Waals surface area contributed by atoms with Crippen molar-refractivity contribution in [3.8, 4) is 0 Å². The third kappa shape index (κ3) is 2.25. The number of hydrogen-bond acceptors (Lipinski definition) is 3. The van der Waals surface area contributed by atoms with Crippen molar-refractivity contribution in [3.05, 3.63) is 63.6 Å². The topological polar surface area (TPSA) is 41.3 Å². The Morgan fingerprint density at radius 3 is 2.90 bits per heavy atom. The summed E-state index contributed by atoms with van der Waals surface area (Å²) < 4.78 is 2.42. The molecule has 3 aliphatic rings. The average Bonchev–Trinajstić information content (AvgIpc) is 3.10. The number of aryl methyl sites for hydroxylation is 1. The van der Waals surface area contributed by atoms with Crippen LogP contribution in [0.15, 0.2) is 30.5 Å². The molecule has 29 heavy (non-hydrogen) atoms. The highest BCUT2D eigenvalue weighted by Gasteiger charge is 2.49. The second-order valence-corrected chi connectivity index (χ2v) is 9.70. The van der Waals surface area contributed by atoms with Crippen molar-refractivity contribution >= 4 is 22.5 Å². The van der Waals surface area contributed by atoms with E-state index in [1.165, 1.54) is 40.6 Å². The molecule has 0 saturated carbocycles. The molecule has 2 bridgehead atoms. The Bertz CT molecular complexity index is 1170. The van der Waals surface area contributed by atoms with Gasteiger partial charge in [-0.2, -0.15) is 0 Å². The van der Waals surface area contributed by atoms with Gasteiger partial charge < -0.3 is 9.67 Å². The summed E-state index contributed by atoms with van der Waals surface area (Å²) in [6.07, 6.45) is 6.03. The molecule has 1 aliphatic carbocycles. The number of halogens is 1. The van der Waals surface area contributed by atoms with E-state index in [0.717, 1.165) is 22.7 Å². The lowest BCUT2D eigenvalue weighted by Gasteiger charge is -2.45. The van der Waals surface area contributed by atoms with Gasteiger partial charge in [-0.25, -0.2) is 0 Å². The summed E-state index contributed by atoms with van der Waals surface area (Å²) in [4.78, 5) is 7.00. The van der Waals surface area contributed by atoms with Crippen LogP contribution in [0.3, 0.4) is 0 Å². The third-order valence-electron chi connectivity index (χ3n) is 7.84. The van der Waals surface area contributed by atoms with E-state index in [1.807, 2.05) is 19.2 Å². The molecule has 6 rings (SSSR count). The standard InChI is InChI=1S/C24H26ClN3O/c1-13-8-15-11-24(29,19(15)12-26-13)14(2)28-20-6-4-16(25)9-18(20)23-21-7-5-17(27(21)3)10-22(23)28/h4,6,8-9,12,14,17,21,29H,5,7,10-11H2,1-3H3. The zero-order valence-corrected chi connectivity index (χ0v) is 17.9. The molecule has 2 aromatic heterocycles. The van der Waals surface area contributed by atoms with Gasteiger partial charge in [-0.15, -0.1) is 0 Å². The molecule has 4 atom stereocenters. The molecule has 4 unspecified atom stereocenters. The first-order valence-electron chi connectivity index (χ1n) is 10.6. The molecule has 3 aromatic rings. The first-order chi connectivity index (χ1) is 13.9. The van der Waals surface area contributed by atoms with Crippen LogP contribution in [-0.4, -0.2) is 32.6 Å². The van der Waals surface area contributed by atoms with Gasteiger partial charge in [-0.05, 0) is 69.1 Å². The lowest BCUT2D eigenvalue weighted by Crippen LogP contribution is -2.46. The van der Waals surface area contributed by atoms with Crippen LogP contribution in [0.2, 0.25) is 5.02 Å². The van der Waals surface area contributed by atoms with Crippen LogP contribution < -0.4 is 0 Å². The van der Waals surface area contributed by atoms with Gasteiger partial charge in [0.15, 0.2) is 0 Å². The Hall–Kier alpha value is -1.88. The van der Waals surface area contributed by atoms with Crippen molar-refractivity contribution in [1.82, 2.24) is 14.5 Å². The van der Waals surface area contributed by atoms with Crippen molar-refractivity contribution in [2.45, 2.75) is 63.3 Å². The highest BCUT2D eigenvalue weighted by Crippen LogP contribution is 2.52. The van der Waals surface area contributed by atoms with Crippen LogP contribution in [0.4, 0.5) is 0 Å². The fraction of sp³-hybridized carbons (Fsp3) is 0.458. The fourth-order valence-corrected chi connectivity index (χ4v) is 6.41. The summed E-state index contributed by atoms with van der Waals surface area (Å²) >= 11 is 6.42. The minimum Gasteiger partial charge on any atom is -0.383 e. The van der Waals surface area contributed by atoms with Crippen molar-refractivity contribution in [3.63, 3.8) is 0 Å². The zero-order valence-electron chi connectivity index (χ0n) is 17.1. The molecule has 1 N–H and O–H groups in total. The highest BCUT2D eigenvalue weighted by atomic mass is 35.5. The highest BCUT2D eigenvalue weighted by molar-refractivity contribution is 6.31. The lowest BCUT2D eigenvalue weighted by atomic mass is 9.70. The van der Waals surface area contributed by atoms with Gasteiger partial charge in [0.25, 0.3) is 0 Å². The SMILES string of the molecule is Cc1cc2c(cn1)C(O)(C(C)n1c3c(c4cc(Cl)ccc41)C1CCC(C3)N1C)C2. The summed E-state index contributed by atoms with van der Waals surface area (Å²) in [7, 11) is 2.26. The summed E-state index contributed by atoms with van der Waals surface area (Å²) in [5.74, 6) is 0. The first-order valence-corrected chi connectivity index (χ1v) is 11.0. The lowest BCUT2D eigenvalue weighted by molar-refractivity contribution is -0.0334. The first kappa shape index (κ1) is 17.9. The van der Waals surface area contributed by atoms with Crippen LogP contribution in [0.1, 0.15) is 59.9 Å². The second-order valence-electron chi connectivity index (χ2n) is 9.27. The molecular weight excluding hydrogens is 382 g/mol. The van der Waals surface area contributed by atoms with Gasteiger partial charge in [-0.3, -0.25) is 9.88 Å². The molecule has 1 saturated heterocycles. The van der Waals surface area contributed by atoms with E-state index in [-0.39, 0.29) is 6.04 Å². The molecule has 1 aromatic carbocycles. The van der Waals surface area contributed by atoms with Gasteiger partial charge in [-0.1, -0.05) is 11.6 Å². The van der Waals surface area contributed by atoms with E-state index in [0.29, 0.717) is 18.5 Å². The van der Waals surface area contributed by atoms with E-state index in [9.17, 15) is 5.11 Å². The maximum atomic E-state index is 11.7. The maximum Gasteiger partial charge on any atom is 0.116 e. The largest absolute Gasteiger partial charge is 0.383 e. The van der Waals surface area contributed by atoms with Gasteiger partial charge in [0.05, 0.1) is 6.04 Å². The van der Waals surface area contributed by atoms with Gasteiger partial charge in [0.1, 0.15) is 5.60 Å². The molecule has 2 aliphatic heterocycles. The molecule has 4 nitrogen and oxygen atoms in total. The number of pyridine rings is 1. The number of aromatic nitrogens is 2. The molecule has 150 valence electrons. The molecule has 5 heteroatoms. The van der Waals surface area contributed by atoms with Crippen molar-refractivity contribution in [2.24, 2.45) is 0 Å². The van der Waals surface area contributed by atoms with Crippen LogP contribution in [-0.2, 0) is 18.4 Å². The number of hydrogen-bond donors (Lipinski definition) is 1. The molecule has 4 heterocycles. The summed E-state index contributed by atoms with van der Waals surface area (Å²) in [6.45, 7) is 4.17. The minimum atomic E-state index is -0.877. The fourth-order valence-electron chi connectivity index (χ4n) is 6.23. The van der Waals surface area contributed by atoms with E-state index in [2.05, 4.69) is 46.6 Å². The number of rotatable bonds is 2. The predicted octanol–water partition coefficient (Wildman–Crippen LogP) is 4.69. The van der Waals surface area contributed by atoms with Crippen molar-refractivity contribution in [2.75, 3.05) is 7.05 Å². The van der Waals surface area contributed by atoms with Crippen molar-refractivity contribution < 1.29 is 5.11 Å². The summed E-state index contributed by atoms with van der Waals surface area (Å²) in [5, 5.41) is 13.7. The smallest absolute Gasteiger partial charge is 0.116 e. The molecule has 0 amide bonds. The number of fused-ring (bicyclic) bond motifs is 7. The van der Waals surface area contributed by atoms with Crippen LogP contribution in [0.5, 0.6) is 0 Å². The Labute approximate surface area is 176 Å². The van der Waals surface area contributed by atoms with E-state index < -0.39 is 5.60 Å². The van der Waals surface area contributed by atoms with E-state index in [1.54, 1.807) is 0 Å². The Morgan fingerprint density at radius 2 is 2.10 bits per heavy atom. The monoisotopic (exact) mass is 407 g/mol. The third-order valence-corrected chi connectivity index (χ3v) is 8.08. The van der Waals surface area contributed by atoms with E-state index in [4.69, 9.17) is 11.6 Å². The number of benzene rings is 1. The summed E-state index contributed by atoms with van der Waals surface area (Å²) in [6, 6.07) is 9.32.